The molecule has 0 aliphatic heterocycles. The highest BCUT2D eigenvalue weighted by molar-refractivity contribution is 5.85. The highest BCUT2D eigenvalue weighted by atomic mass is 35.5. The first-order chi connectivity index (χ1) is 10.3. The standard InChI is InChI=1S/C17H22N2O2.ClH/c1-14(2)21-16-8-4-3-7-15(16)13-18-11-12-20-17-9-5-6-10-19-17;/h3-10,14,18H,11-13H2,1-2H3;1H. The number of hydrogen-bond acceptors (Lipinski definition) is 4. The van der Waals surface area contributed by atoms with E-state index in [-0.39, 0.29) is 18.5 Å². The number of rotatable bonds is 8. The summed E-state index contributed by atoms with van der Waals surface area (Å²) < 4.78 is 11.3. The van der Waals surface area contributed by atoms with E-state index in [0.717, 1.165) is 24.4 Å². The van der Waals surface area contributed by atoms with Gasteiger partial charge in [-0.25, -0.2) is 4.98 Å². The van der Waals surface area contributed by atoms with Crippen LogP contribution >= 0.6 is 12.4 Å². The van der Waals surface area contributed by atoms with Crippen molar-refractivity contribution >= 4 is 12.4 Å². The minimum atomic E-state index is 0. The van der Waals surface area contributed by atoms with Gasteiger partial charge in [-0.2, -0.15) is 0 Å². The van der Waals surface area contributed by atoms with Crippen molar-refractivity contribution in [2.24, 2.45) is 0 Å². The van der Waals surface area contributed by atoms with Gasteiger partial charge in [-0.3, -0.25) is 0 Å². The zero-order valence-corrected chi connectivity index (χ0v) is 13.8. The Morgan fingerprint density at radius 1 is 1.09 bits per heavy atom. The average Bonchev–Trinajstić information content (AvgIpc) is 2.49. The highest BCUT2D eigenvalue weighted by Crippen LogP contribution is 2.18. The average molecular weight is 323 g/mol. The molecule has 4 nitrogen and oxygen atoms in total. The number of hydrogen-bond donors (Lipinski definition) is 1. The third-order valence-corrected chi connectivity index (χ3v) is 2.82. The Hall–Kier alpha value is -1.78. The molecule has 2 rings (SSSR count). The van der Waals surface area contributed by atoms with E-state index < -0.39 is 0 Å². The van der Waals surface area contributed by atoms with Gasteiger partial charge in [0.15, 0.2) is 0 Å². The minimum absolute atomic E-state index is 0. The molecular formula is C17H23ClN2O2. The molecule has 0 aliphatic carbocycles. The van der Waals surface area contributed by atoms with E-state index in [4.69, 9.17) is 9.47 Å². The Labute approximate surface area is 138 Å². The number of nitrogens with one attached hydrogen (secondary N) is 1. The summed E-state index contributed by atoms with van der Waals surface area (Å²) in [5.74, 6) is 1.59. The summed E-state index contributed by atoms with van der Waals surface area (Å²) >= 11 is 0. The molecular weight excluding hydrogens is 300 g/mol. The topological polar surface area (TPSA) is 43.4 Å². The van der Waals surface area contributed by atoms with Crippen LogP contribution in [0.3, 0.4) is 0 Å². The van der Waals surface area contributed by atoms with Gasteiger partial charge in [0, 0.05) is 30.9 Å². The van der Waals surface area contributed by atoms with Crippen molar-refractivity contribution in [2.45, 2.75) is 26.5 Å². The summed E-state index contributed by atoms with van der Waals surface area (Å²) in [5, 5.41) is 3.35. The smallest absolute Gasteiger partial charge is 0.213 e. The Balaban J connectivity index is 0.00000242. The van der Waals surface area contributed by atoms with E-state index in [2.05, 4.69) is 16.4 Å². The first-order valence-electron chi connectivity index (χ1n) is 7.25. The lowest BCUT2D eigenvalue weighted by molar-refractivity contribution is 0.239. The third kappa shape index (κ3) is 6.33. The van der Waals surface area contributed by atoms with Gasteiger partial charge in [-0.1, -0.05) is 24.3 Å². The van der Waals surface area contributed by atoms with Crippen LogP contribution in [0.2, 0.25) is 0 Å². The lowest BCUT2D eigenvalue weighted by atomic mass is 10.2. The second-order valence-electron chi connectivity index (χ2n) is 4.97. The van der Waals surface area contributed by atoms with Gasteiger partial charge in [0.25, 0.3) is 0 Å². The summed E-state index contributed by atoms with van der Waals surface area (Å²) in [6.07, 6.45) is 1.90. The molecule has 2 aromatic rings. The summed E-state index contributed by atoms with van der Waals surface area (Å²) in [6, 6.07) is 13.7. The first-order valence-corrected chi connectivity index (χ1v) is 7.25. The van der Waals surface area contributed by atoms with Gasteiger partial charge in [-0.05, 0) is 26.0 Å². The quantitative estimate of drug-likeness (QED) is 0.756. The molecule has 1 aromatic heterocycles. The predicted octanol–water partition coefficient (Wildman–Crippen LogP) is 3.46. The SMILES string of the molecule is CC(C)Oc1ccccc1CNCCOc1ccccn1.Cl. The number of halogens is 1. The van der Waals surface area contributed by atoms with E-state index in [0.29, 0.717) is 12.5 Å². The van der Waals surface area contributed by atoms with Crippen molar-refractivity contribution in [3.8, 4) is 11.6 Å². The molecule has 0 unspecified atom stereocenters. The number of nitrogens with zero attached hydrogens (tertiary/aromatic N) is 1. The zero-order valence-electron chi connectivity index (χ0n) is 13.0. The molecule has 1 N–H and O–H groups in total. The van der Waals surface area contributed by atoms with Gasteiger partial charge >= 0.3 is 0 Å². The fraction of sp³-hybridized carbons (Fsp3) is 0.353. The lowest BCUT2D eigenvalue weighted by Gasteiger charge is -2.14. The van der Waals surface area contributed by atoms with Crippen LogP contribution in [-0.4, -0.2) is 24.2 Å². The molecule has 0 amide bonds. The lowest BCUT2D eigenvalue weighted by Crippen LogP contribution is -2.21. The van der Waals surface area contributed by atoms with Crippen molar-refractivity contribution in [3.63, 3.8) is 0 Å². The molecule has 0 saturated heterocycles. The van der Waals surface area contributed by atoms with Crippen LogP contribution in [0.4, 0.5) is 0 Å². The van der Waals surface area contributed by atoms with E-state index in [9.17, 15) is 0 Å². The fourth-order valence-electron chi connectivity index (χ4n) is 1.90. The molecule has 0 bridgehead atoms. The molecule has 1 aromatic carbocycles. The monoisotopic (exact) mass is 322 g/mol. The van der Waals surface area contributed by atoms with Crippen LogP contribution < -0.4 is 14.8 Å². The molecule has 0 atom stereocenters. The van der Waals surface area contributed by atoms with Crippen LogP contribution in [0.1, 0.15) is 19.4 Å². The van der Waals surface area contributed by atoms with Crippen LogP contribution in [-0.2, 0) is 6.54 Å². The predicted molar refractivity (Wildman–Crippen MR) is 90.9 cm³/mol. The summed E-state index contributed by atoms with van der Waals surface area (Å²) in [5.41, 5.74) is 1.16. The molecule has 120 valence electrons. The van der Waals surface area contributed by atoms with Crippen molar-refractivity contribution in [3.05, 3.63) is 54.2 Å². The minimum Gasteiger partial charge on any atom is -0.491 e. The van der Waals surface area contributed by atoms with Gasteiger partial charge in [0.05, 0.1) is 6.10 Å². The van der Waals surface area contributed by atoms with Crippen LogP contribution in [0.15, 0.2) is 48.7 Å². The highest BCUT2D eigenvalue weighted by Gasteiger charge is 2.04. The Kier molecular flexibility index (Phi) is 8.33. The van der Waals surface area contributed by atoms with Gasteiger partial charge in [0.2, 0.25) is 5.88 Å². The van der Waals surface area contributed by atoms with Crippen molar-refractivity contribution in [1.29, 1.82) is 0 Å². The largest absolute Gasteiger partial charge is 0.491 e. The number of pyridine rings is 1. The van der Waals surface area contributed by atoms with E-state index in [1.807, 2.05) is 50.2 Å². The van der Waals surface area contributed by atoms with Gasteiger partial charge in [-0.15, -0.1) is 12.4 Å². The Bertz CT molecular complexity index is 535. The van der Waals surface area contributed by atoms with Crippen LogP contribution in [0.5, 0.6) is 11.6 Å². The van der Waals surface area contributed by atoms with E-state index in [1.54, 1.807) is 6.20 Å². The molecule has 1 heterocycles. The maximum absolute atomic E-state index is 5.79. The summed E-state index contributed by atoms with van der Waals surface area (Å²) in [7, 11) is 0. The Morgan fingerprint density at radius 3 is 2.59 bits per heavy atom. The third-order valence-electron chi connectivity index (χ3n) is 2.82. The molecule has 0 aliphatic rings. The molecule has 0 radical (unpaired) electrons. The number of para-hydroxylation sites is 1. The van der Waals surface area contributed by atoms with Crippen LogP contribution in [0, 0.1) is 0 Å². The zero-order chi connectivity index (χ0) is 14.9. The molecule has 0 fully saturated rings. The maximum Gasteiger partial charge on any atom is 0.213 e. The maximum atomic E-state index is 5.79. The second kappa shape index (κ2) is 10.0. The van der Waals surface area contributed by atoms with E-state index >= 15 is 0 Å². The van der Waals surface area contributed by atoms with E-state index in [1.165, 1.54) is 0 Å². The number of ether oxygens (including phenoxy) is 2. The number of aromatic nitrogens is 1. The van der Waals surface area contributed by atoms with Crippen molar-refractivity contribution in [2.75, 3.05) is 13.2 Å². The summed E-state index contributed by atoms with van der Waals surface area (Å²) in [6.45, 7) is 6.17. The normalized spacial score (nSPS) is 10.1. The number of benzene rings is 1. The fourth-order valence-corrected chi connectivity index (χ4v) is 1.90. The Morgan fingerprint density at radius 2 is 1.86 bits per heavy atom. The first kappa shape index (κ1) is 18.3. The molecule has 5 heteroatoms. The molecule has 0 spiro atoms. The summed E-state index contributed by atoms with van der Waals surface area (Å²) in [4.78, 5) is 4.11. The van der Waals surface area contributed by atoms with Gasteiger partial charge < -0.3 is 14.8 Å². The van der Waals surface area contributed by atoms with Crippen LogP contribution in [0.25, 0.3) is 0 Å². The molecule has 22 heavy (non-hydrogen) atoms. The van der Waals surface area contributed by atoms with Crippen molar-refractivity contribution < 1.29 is 9.47 Å². The molecule has 0 saturated carbocycles. The van der Waals surface area contributed by atoms with Gasteiger partial charge in [0.1, 0.15) is 12.4 Å². The second-order valence-corrected chi connectivity index (χ2v) is 4.97. The van der Waals surface area contributed by atoms with Crippen molar-refractivity contribution in [1.82, 2.24) is 10.3 Å².